The van der Waals surface area contributed by atoms with Crippen LogP contribution in [-0.2, 0) is 66.4 Å². The molecule has 490 valence electrons. The van der Waals surface area contributed by atoms with Gasteiger partial charge in [-0.25, -0.2) is 0 Å². The lowest BCUT2D eigenvalue weighted by atomic mass is 8.92. The molecule has 0 aromatic rings. The van der Waals surface area contributed by atoms with Gasteiger partial charge in [0.05, 0.1) is 43.9 Å². The van der Waals surface area contributed by atoms with Crippen molar-refractivity contribution >= 4 is 11.9 Å². The van der Waals surface area contributed by atoms with Gasteiger partial charge >= 0.3 is 5.97 Å². The number of nitrogens with one attached hydrogen (secondary N) is 2. The molecule has 22 saturated heterocycles. The Morgan fingerprint density at radius 3 is 0.895 bits per heavy atom. The Bertz CT molecular complexity index is 2360. The number of ether oxygens (including phenoxy) is 12. The van der Waals surface area contributed by atoms with Crippen LogP contribution >= 0.6 is 0 Å². The van der Waals surface area contributed by atoms with Gasteiger partial charge in [-0.2, -0.15) is 0 Å². The average Bonchev–Trinajstić information content (AvgIpc) is 0.549. The second-order valence-electron chi connectivity index (χ2n) is 24.9. The number of rotatable bonds is 16. The maximum atomic E-state index is 13.4. The maximum Gasteiger partial charge on any atom is 0.310 e. The zero-order chi connectivity index (χ0) is 61.3. The Morgan fingerprint density at radius 2 is 0.605 bits per heavy atom. The van der Waals surface area contributed by atoms with Crippen molar-refractivity contribution in [3.05, 3.63) is 0 Å². The molecule has 0 radical (unpaired) electrons. The Balaban J connectivity index is 0.746. The quantitative estimate of drug-likeness (QED) is 0.0638. The summed E-state index contributed by atoms with van der Waals surface area (Å²) in [6, 6.07) is 0. The summed E-state index contributed by atoms with van der Waals surface area (Å²) in [5.74, 6) is 0.394. The molecule has 6 saturated carbocycles. The molecular weight excluding hydrogens is 1160 g/mol. The van der Waals surface area contributed by atoms with Crippen LogP contribution in [0, 0.1) is 46.3 Å². The highest BCUT2D eigenvalue weighted by Crippen LogP contribution is 3.10. The van der Waals surface area contributed by atoms with E-state index >= 15 is 0 Å². The van der Waals surface area contributed by atoms with Gasteiger partial charge in [0.25, 0.3) is 0 Å². The number of aliphatic hydroxyl groups excluding tert-OH is 17. The number of carbonyl (C=O) groups excluding carboxylic acids is 1. The Labute approximate surface area is 488 Å². The van der Waals surface area contributed by atoms with E-state index in [0.29, 0.717) is 56.5 Å². The van der Waals surface area contributed by atoms with E-state index < -0.39 is 234 Å². The summed E-state index contributed by atoms with van der Waals surface area (Å²) in [6.07, 6.45) is -55.6. The van der Waals surface area contributed by atoms with Crippen LogP contribution in [0.5, 0.6) is 0 Å². The fraction of sp³-hybridized carbons (Fsp3) is 0.962. The number of hydrogen-bond donors (Lipinski definition) is 20. The van der Waals surface area contributed by atoms with E-state index in [-0.39, 0.29) is 30.2 Å². The first kappa shape index (κ1) is 63.9. The highest BCUT2D eigenvalue weighted by atomic mass is 16.8. The predicted molar refractivity (Wildman–Crippen MR) is 267 cm³/mol. The van der Waals surface area contributed by atoms with E-state index in [2.05, 4.69) is 10.6 Å². The minimum Gasteiger partial charge on any atom is -0.481 e. The number of hydrogen-bond acceptors (Lipinski definition) is 32. The molecule has 0 aromatic heterocycles. The van der Waals surface area contributed by atoms with E-state index in [0.717, 1.165) is 0 Å². The van der Waals surface area contributed by atoms with E-state index in [1.165, 1.54) is 0 Å². The van der Waals surface area contributed by atoms with Crippen molar-refractivity contribution in [2.75, 3.05) is 52.7 Å². The average molecular weight is 1250 g/mol. The molecule has 1 amide bonds. The van der Waals surface area contributed by atoms with Crippen LogP contribution in [0.25, 0.3) is 0 Å². The second kappa shape index (κ2) is 24.7. The van der Waals surface area contributed by atoms with Gasteiger partial charge in [0.1, 0.15) is 146 Å². The lowest BCUT2D eigenvalue weighted by Crippen LogP contribution is -3.12. The minimum atomic E-state index is -2.16. The molecule has 6 aliphatic carbocycles. The number of carbonyl (C=O) groups is 2. The molecule has 12 bridgehead atoms. The number of aliphatic hydroxyl groups is 17. The van der Waals surface area contributed by atoms with Crippen molar-refractivity contribution in [2.45, 2.75) is 210 Å². The smallest absolute Gasteiger partial charge is 0.310 e. The van der Waals surface area contributed by atoms with Crippen molar-refractivity contribution in [1.29, 1.82) is 0 Å². The number of carboxylic acid groups (broad SMARTS) is 1. The van der Waals surface area contributed by atoms with Gasteiger partial charge in [-0.05, 0) is 54.9 Å². The molecule has 22 heterocycles. The van der Waals surface area contributed by atoms with Crippen LogP contribution in [0.15, 0.2) is 0 Å². The topological polar surface area (TPSA) is 533 Å². The molecule has 28 aliphatic rings. The molecule has 4 unspecified atom stereocenters. The summed E-state index contributed by atoms with van der Waals surface area (Å²) in [4.78, 5) is 25.5. The minimum absolute atomic E-state index is 0.0480. The third kappa shape index (κ3) is 9.59. The molecule has 28 rings (SSSR count). The molecule has 86 heavy (non-hydrogen) atoms. The maximum absolute atomic E-state index is 13.4. The third-order valence-corrected chi connectivity index (χ3v) is 20.8. The largest absolute Gasteiger partial charge is 0.481 e. The lowest BCUT2D eigenvalue weighted by molar-refractivity contribution is -0.626. The highest BCUT2D eigenvalue weighted by Gasteiger charge is 3.13. The van der Waals surface area contributed by atoms with Crippen LogP contribution in [0.2, 0.25) is 0 Å². The summed E-state index contributed by atoms with van der Waals surface area (Å²) in [5.41, 5.74) is -1.19. The first-order valence-corrected chi connectivity index (χ1v) is 29.5. The van der Waals surface area contributed by atoms with Crippen LogP contribution in [0.1, 0.15) is 25.7 Å². The van der Waals surface area contributed by atoms with Crippen molar-refractivity contribution in [2.24, 2.45) is 46.3 Å². The van der Waals surface area contributed by atoms with Gasteiger partial charge in [0.15, 0.2) is 37.7 Å². The summed E-state index contributed by atoms with van der Waals surface area (Å²) in [5, 5.41) is 206. The zero-order valence-electron chi connectivity index (χ0n) is 46.0. The van der Waals surface area contributed by atoms with Gasteiger partial charge < -0.3 is 159 Å². The molecule has 38 atom stereocenters. The van der Waals surface area contributed by atoms with Gasteiger partial charge in [-0.3, -0.25) is 9.59 Å². The monoisotopic (exact) mass is 1240 g/mol. The SMILES string of the molecule is O=C(O)C12C3[C@H]4C5[C@@H]3[C@@H]1C5(C(=O)NCCCCCCNC[C@H]1O[C@@H]3O[C@H]5[C@H](O)[C@@H](O)[C@@H](O[C@H]6[C@H](O)[C@@H](O)[C@@H](O[C@H]7[C@H](O)[C@@H](O)[C@@H](O[C@H]8[C@H](O)[C@@H](O)[C@@H](O[C@H]9[C@H](O)[C@@H](O)[C@@H](O[C@H]1[C@H](O)[C@H]3O)O[C@@H]9CO)O[C@@H]8CO)O[C@@H]7CO)O[C@@H]6CO)O[C@@H]5CO)[C@H]42. The van der Waals surface area contributed by atoms with Crippen LogP contribution in [0.4, 0.5) is 0 Å². The van der Waals surface area contributed by atoms with E-state index in [1.807, 2.05) is 0 Å². The standard InChI is InChI=1S/C52H80N2O32/c55-8-14-36-25(62)31(68)45(77-14)84-38-16(10-57)79-47(33(70)27(38)64)86-40-18(12-59)80-48(34(71)28(40)65)85-39-17(11-58)78-46(32(69)26(39)63)83-37-15(9-56)76-44(30(67)24(37)61)81-35-13(75-43(82-36)29(66)23(35)60)7-53-5-3-1-2-4-6-54-49(72)51-21-19-22-20(21)42(51)52(22,41(19)51)50(73)74/h13-48,53,55-71H,1-12H2,(H,54,72)(H,73,74)/t13-,14-,15-,16-,17-,18-,19-,20+,21?,22?,23-,24-,25-,26-,27-,28-,29-,30-,31-,32-,33-,34-,35-,36-,37-,38-,39-,40-,41+,42-,43-,44-,45-,46-,47-,48-,51?,52?/m1/s1. The Morgan fingerprint density at radius 1 is 0.337 bits per heavy atom. The van der Waals surface area contributed by atoms with E-state index in [9.17, 15) is 102 Å². The van der Waals surface area contributed by atoms with Crippen LogP contribution in [0.3, 0.4) is 0 Å². The normalized spacial score (nSPS) is 56.0. The first-order chi connectivity index (χ1) is 41.2. The molecule has 22 aliphatic heterocycles. The molecular formula is C52H80N2O32. The van der Waals surface area contributed by atoms with Gasteiger partial charge in [0.2, 0.25) is 5.91 Å². The van der Waals surface area contributed by atoms with Crippen molar-refractivity contribution < 1.29 is 158 Å². The summed E-state index contributed by atoms with van der Waals surface area (Å²) in [6.45, 7) is -4.50. The lowest BCUT2D eigenvalue weighted by Gasteiger charge is -3.09. The third-order valence-electron chi connectivity index (χ3n) is 20.8. The van der Waals surface area contributed by atoms with Crippen molar-refractivity contribution in [3.8, 4) is 0 Å². The number of amides is 1. The van der Waals surface area contributed by atoms with E-state index in [4.69, 9.17) is 56.8 Å². The first-order valence-electron chi connectivity index (χ1n) is 29.5. The van der Waals surface area contributed by atoms with Gasteiger partial charge in [-0.15, -0.1) is 0 Å². The van der Waals surface area contributed by atoms with Crippen molar-refractivity contribution in [1.82, 2.24) is 10.6 Å². The van der Waals surface area contributed by atoms with Gasteiger partial charge in [-0.1, -0.05) is 12.8 Å². The van der Waals surface area contributed by atoms with Crippen molar-refractivity contribution in [3.63, 3.8) is 0 Å². The highest BCUT2D eigenvalue weighted by molar-refractivity contribution is 5.99. The zero-order valence-corrected chi connectivity index (χ0v) is 46.0. The van der Waals surface area contributed by atoms with E-state index in [1.54, 1.807) is 0 Å². The number of carboxylic acids is 1. The molecule has 20 N–H and O–H groups in total. The molecule has 34 nitrogen and oxygen atoms in total. The predicted octanol–water partition coefficient (Wildman–Crippen LogP) is -12.0. The summed E-state index contributed by atoms with van der Waals surface area (Å²) < 4.78 is 70.1. The van der Waals surface area contributed by atoms with Crippen LogP contribution < -0.4 is 10.6 Å². The second-order valence-corrected chi connectivity index (χ2v) is 24.9. The number of aliphatic carboxylic acids is 1. The summed E-state index contributed by atoms with van der Waals surface area (Å²) in [7, 11) is 0. The Kier molecular flexibility index (Phi) is 18.3. The molecule has 0 aromatic carbocycles. The van der Waals surface area contributed by atoms with Gasteiger partial charge in [0, 0.05) is 13.1 Å². The Hall–Kier alpha value is -2.26. The fourth-order valence-electron chi connectivity index (χ4n) is 16.7. The molecule has 0 spiro atoms. The van der Waals surface area contributed by atoms with Crippen LogP contribution in [-0.4, -0.2) is 341 Å². The molecule has 28 fully saturated rings. The fourth-order valence-corrected chi connectivity index (χ4v) is 16.7. The molecule has 34 heteroatoms. The summed E-state index contributed by atoms with van der Waals surface area (Å²) >= 11 is 0. The number of unbranched alkanes of at least 4 members (excludes halogenated alkanes) is 3.